The highest BCUT2D eigenvalue weighted by Gasteiger charge is 2.47. The van der Waals surface area contributed by atoms with E-state index in [-0.39, 0.29) is 0 Å². The van der Waals surface area contributed by atoms with E-state index in [0.717, 1.165) is 6.92 Å². The summed E-state index contributed by atoms with van der Waals surface area (Å²) in [6.45, 7) is 2.45. The fourth-order valence-electron chi connectivity index (χ4n) is 0.867. The van der Waals surface area contributed by atoms with Gasteiger partial charge in [0.2, 0.25) is 5.54 Å². The standard InChI is InChI=1S/C7H14N2O4/c1-3(8)5(11)7(9,4(2)10)6(12)13/h3-4,10H,8-9H2,1-2H3,(H,12,13)/t3-,4+,7+/m0/s1. The molecule has 0 aromatic heterocycles. The van der Waals surface area contributed by atoms with Gasteiger partial charge >= 0.3 is 5.97 Å². The number of carbonyl (C=O) groups excluding carboxylic acids is 1. The molecule has 0 aromatic carbocycles. The van der Waals surface area contributed by atoms with Gasteiger partial charge in [-0.1, -0.05) is 0 Å². The second kappa shape index (κ2) is 3.82. The van der Waals surface area contributed by atoms with E-state index in [1.807, 2.05) is 0 Å². The Balaban J connectivity index is 5.02. The van der Waals surface area contributed by atoms with Gasteiger partial charge in [-0.3, -0.25) is 4.79 Å². The van der Waals surface area contributed by atoms with Crippen molar-refractivity contribution in [3.8, 4) is 0 Å². The predicted octanol–water partition coefficient (Wildman–Crippen LogP) is -1.93. The first-order valence-electron chi connectivity index (χ1n) is 3.74. The number of rotatable bonds is 4. The number of ketones is 1. The number of carbonyl (C=O) groups is 2. The van der Waals surface area contributed by atoms with Crippen molar-refractivity contribution < 1.29 is 19.8 Å². The van der Waals surface area contributed by atoms with Crippen molar-refractivity contribution in [2.24, 2.45) is 11.5 Å². The number of nitrogens with two attached hydrogens (primary N) is 2. The first-order valence-corrected chi connectivity index (χ1v) is 3.74. The molecule has 0 aromatic rings. The van der Waals surface area contributed by atoms with E-state index in [0.29, 0.717) is 0 Å². The fraction of sp³-hybridized carbons (Fsp3) is 0.714. The molecule has 6 N–H and O–H groups in total. The zero-order valence-corrected chi connectivity index (χ0v) is 7.52. The SMILES string of the molecule is C[C@H](N)C(=O)[C@@](N)(C(=O)O)[C@@H](C)O. The van der Waals surface area contributed by atoms with E-state index < -0.39 is 29.4 Å². The van der Waals surface area contributed by atoms with Crippen LogP contribution in [0, 0.1) is 0 Å². The molecule has 0 fully saturated rings. The van der Waals surface area contributed by atoms with Crippen LogP contribution in [0.25, 0.3) is 0 Å². The van der Waals surface area contributed by atoms with Gasteiger partial charge in [0.05, 0.1) is 12.1 Å². The van der Waals surface area contributed by atoms with Crippen LogP contribution in [0.4, 0.5) is 0 Å². The molecule has 0 unspecified atom stereocenters. The molecule has 0 saturated heterocycles. The van der Waals surface area contributed by atoms with Crippen molar-refractivity contribution in [3.63, 3.8) is 0 Å². The molecule has 76 valence electrons. The summed E-state index contributed by atoms with van der Waals surface area (Å²) in [5.74, 6) is -2.47. The van der Waals surface area contributed by atoms with E-state index in [1.165, 1.54) is 6.92 Å². The van der Waals surface area contributed by atoms with Crippen molar-refractivity contribution in [2.75, 3.05) is 0 Å². The largest absolute Gasteiger partial charge is 0.479 e. The first kappa shape index (κ1) is 12.0. The Hall–Kier alpha value is -0.980. The molecule has 0 heterocycles. The van der Waals surface area contributed by atoms with Crippen molar-refractivity contribution in [3.05, 3.63) is 0 Å². The molecule has 0 spiro atoms. The lowest BCUT2D eigenvalue weighted by atomic mass is 9.86. The van der Waals surface area contributed by atoms with Crippen LogP contribution in [-0.4, -0.2) is 39.7 Å². The third kappa shape index (κ3) is 2.03. The maximum Gasteiger partial charge on any atom is 0.334 e. The number of carboxylic acids is 1. The van der Waals surface area contributed by atoms with Crippen molar-refractivity contribution in [1.29, 1.82) is 0 Å². The molecule has 6 heteroatoms. The van der Waals surface area contributed by atoms with Gasteiger partial charge in [-0.2, -0.15) is 0 Å². The van der Waals surface area contributed by atoms with Gasteiger partial charge in [-0.05, 0) is 13.8 Å². The minimum atomic E-state index is -2.31. The average Bonchev–Trinajstić information content (AvgIpc) is 2.00. The number of Topliss-reactive ketones (excluding diaryl/α,β-unsaturated/α-hetero) is 1. The molecule has 0 amide bonds. The van der Waals surface area contributed by atoms with Crippen LogP contribution in [0.5, 0.6) is 0 Å². The summed E-state index contributed by atoms with van der Waals surface area (Å²) in [4.78, 5) is 21.9. The zero-order valence-electron chi connectivity index (χ0n) is 7.52. The fourth-order valence-corrected chi connectivity index (χ4v) is 0.867. The quantitative estimate of drug-likeness (QED) is 0.382. The first-order chi connectivity index (χ1) is 5.74. The Morgan fingerprint density at radius 1 is 1.38 bits per heavy atom. The maximum atomic E-state index is 11.3. The number of aliphatic hydroxyl groups is 1. The monoisotopic (exact) mass is 190 g/mol. The molecular formula is C7H14N2O4. The smallest absolute Gasteiger partial charge is 0.334 e. The Labute approximate surface area is 75.5 Å². The van der Waals surface area contributed by atoms with Crippen LogP contribution in [0.15, 0.2) is 0 Å². The molecule has 13 heavy (non-hydrogen) atoms. The molecule has 0 bridgehead atoms. The summed E-state index contributed by atoms with van der Waals surface area (Å²) in [5.41, 5.74) is 8.13. The van der Waals surface area contributed by atoms with Crippen molar-refractivity contribution in [1.82, 2.24) is 0 Å². The van der Waals surface area contributed by atoms with Gasteiger partial charge in [-0.15, -0.1) is 0 Å². The second-order valence-corrected chi connectivity index (χ2v) is 3.00. The predicted molar refractivity (Wildman–Crippen MR) is 44.9 cm³/mol. The lowest BCUT2D eigenvalue weighted by Crippen LogP contribution is -2.65. The number of aliphatic carboxylic acids is 1. The normalized spacial score (nSPS) is 20.1. The molecule has 0 saturated carbocycles. The van der Waals surface area contributed by atoms with Gasteiger partial charge in [0.25, 0.3) is 0 Å². The molecule has 6 nitrogen and oxygen atoms in total. The summed E-state index contributed by atoms with van der Waals surface area (Å²) in [6, 6.07) is -1.02. The lowest BCUT2D eigenvalue weighted by Gasteiger charge is -2.27. The molecule has 3 atom stereocenters. The number of hydrogen-bond acceptors (Lipinski definition) is 5. The Morgan fingerprint density at radius 3 is 1.85 bits per heavy atom. The lowest BCUT2D eigenvalue weighted by molar-refractivity contribution is -0.153. The van der Waals surface area contributed by atoms with Crippen LogP contribution in [-0.2, 0) is 9.59 Å². The maximum absolute atomic E-state index is 11.3. The minimum Gasteiger partial charge on any atom is -0.479 e. The van der Waals surface area contributed by atoms with Crippen LogP contribution in [0.1, 0.15) is 13.8 Å². The van der Waals surface area contributed by atoms with Crippen LogP contribution in [0.3, 0.4) is 0 Å². The third-order valence-corrected chi connectivity index (χ3v) is 1.83. The zero-order chi connectivity index (χ0) is 10.8. The third-order valence-electron chi connectivity index (χ3n) is 1.83. The summed E-state index contributed by atoms with van der Waals surface area (Å²) < 4.78 is 0. The Kier molecular flexibility index (Phi) is 3.53. The summed E-state index contributed by atoms with van der Waals surface area (Å²) in [6.07, 6.45) is -1.48. The number of carboxylic acid groups (broad SMARTS) is 1. The van der Waals surface area contributed by atoms with Gasteiger partial charge in [-0.25, -0.2) is 4.79 Å². The highest BCUT2D eigenvalue weighted by atomic mass is 16.4. The summed E-state index contributed by atoms with van der Waals surface area (Å²) in [5, 5.41) is 17.7. The number of aliphatic hydroxyl groups excluding tert-OH is 1. The molecule has 0 aliphatic rings. The second-order valence-electron chi connectivity index (χ2n) is 3.00. The van der Waals surface area contributed by atoms with Crippen LogP contribution >= 0.6 is 0 Å². The topological polar surface area (TPSA) is 127 Å². The van der Waals surface area contributed by atoms with Gasteiger partial charge in [0.1, 0.15) is 0 Å². The van der Waals surface area contributed by atoms with E-state index in [1.54, 1.807) is 0 Å². The van der Waals surface area contributed by atoms with Crippen LogP contribution in [0.2, 0.25) is 0 Å². The van der Waals surface area contributed by atoms with Crippen molar-refractivity contribution >= 4 is 11.8 Å². The van der Waals surface area contributed by atoms with E-state index >= 15 is 0 Å². The van der Waals surface area contributed by atoms with Gasteiger partial charge in [0.15, 0.2) is 5.78 Å². The molecular weight excluding hydrogens is 176 g/mol. The minimum absolute atomic E-state index is 0.894. The summed E-state index contributed by atoms with van der Waals surface area (Å²) >= 11 is 0. The molecule has 0 aliphatic carbocycles. The van der Waals surface area contributed by atoms with E-state index in [4.69, 9.17) is 21.7 Å². The van der Waals surface area contributed by atoms with Gasteiger partial charge in [0, 0.05) is 0 Å². The van der Waals surface area contributed by atoms with E-state index in [2.05, 4.69) is 0 Å². The molecule has 0 radical (unpaired) electrons. The van der Waals surface area contributed by atoms with E-state index in [9.17, 15) is 9.59 Å². The highest BCUT2D eigenvalue weighted by Crippen LogP contribution is 2.10. The summed E-state index contributed by atoms with van der Waals surface area (Å²) in [7, 11) is 0. The molecule has 0 rings (SSSR count). The highest BCUT2D eigenvalue weighted by molar-refractivity contribution is 6.10. The van der Waals surface area contributed by atoms with Crippen LogP contribution < -0.4 is 11.5 Å². The Morgan fingerprint density at radius 2 is 1.77 bits per heavy atom. The Bertz CT molecular complexity index is 227. The average molecular weight is 190 g/mol. The molecule has 0 aliphatic heterocycles. The number of hydrogen-bond donors (Lipinski definition) is 4. The van der Waals surface area contributed by atoms with Gasteiger partial charge < -0.3 is 21.7 Å². The van der Waals surface area contributed by atoms with Crippen molar-refractivity contribution in [2.45, 2.75) is 31.5 Å².